The molecular weight excluding hydrogens is 294 g/mol. The Kier molecular flexibility index (Phi) is 4.60. The van der Waals surface area contributed by atoms with Gasteiger partial charge in [0.2, 0.25) is 10.0 Å². The van der Waals surface area contributed by atoms with Crippen molar-refractivity contribution in [3.8, 4) is 0 Å². The van der Waals surface area contributed by atoms with E-state index in [1.165, 1.54) is 28.6 Å². The van der Waals surface area contributed by atoms with Crippen LogP contribution < -0.4 is 5.73 Å². The molecule has 2 rings (SSSR count). The maximum Gasteiger partial charge on any atom is 0.269 e. The van der Waals surface area contributed by atoms with Gasteiger partial charge in [-0.3, -0.25) is 10.1 Å². The molecule has 116 valence electrons. The number of nitro benzene ring substituents is 1. The fourth-order valence-corrected chi connectivity index (χ4v) is 4.07. The fraction of sp³-hybridized carbons (Fsp3) is 0.538. The molecule has 1 aromatic carbocycles. The predicted octanol–water partition coefficient (Wildman–Crippen LogP) is 1.34. The molecule has 0 bridgehead atoms. The van der Waals surface area contributed by atoms with Crippen molar-refractivity contribution < 1.29 is 13.3 Å². The van der Waals surface area contributed by atoms with E-state index in [0.717, 1.165) is 6.42 Å². The third kappa shape index (κ3) is 3.22. The molecule has 0 spiro atoms. The zero-order valence-corrected chi connectivity index (χ0v) is 12.6. The van der Waals surface area contributed by atoms with E-state index in [2.05, 4.69) is 0 Å². The third-order valence-electron chi connectivity index (χ3n) is 3.97. The second-order valence-corrected chi connectivity index (χ2v) is 7.17. The minimum atomic E-state index is -3.62. The van der Waals surface area contributed by atoms with Crippen LogP contribution in [0.15, 0.2) is 29.2 Å². The first-order valence-corrected chi connectivity index (χ1v) is 8.30. The summed E-state index contributed by atoms with van der Waals surface area (Å²) < 4.78 is 26.5. The van der Waals surface area contributed by atoms with Gasteiger partial charge in [-0.2, -0.15) is 4.31 Å². The minimum Gasteiger partial charge on any atom is -0.327 e. The minimum absolute atomic E-state index is 0.0262. The number of nitrogens with zero attached hydrogens (tertiary/aromatic N) is 2. The maximum absolute atomic E-state index is 12.6. The first-order valence-electron chi connectivity index (χ1n) is 6.86. The average molecular weight is 313 g/mol. The highest BCUT2D eigenvalue weighted by atomic mass is 32.2. The van der Waals surface area contributed by atoms with Gasteiger partial charge in [0.25, 0.3) is 5.69 Å². The van der Waals surface area contributed by atoms with Crippen LogP contribution in [0.2, 0.25) is 0 Å². The standard InChI is InChI=1S/C13H19N3O4S/c1-2-10-9-15(8-7-13(10)14)21(19,20)12-5-3-11(4-6-12)16(17)18/h3-6,10,13H,2,7-9,14H2,1H3/t10-,13-/m0/s1. The summed E-state index contributed by atoms with van der Waals surface area (Å²) >= 11 is 0. The van der Waals surface area contributed by atoms with Gasteiger partial charge in [0.05, 0.1) is 9.82 Å². The van der Waals surface area contributed by atoms with Crippen LogP contribution in [0.4, 0.5) is 5.69 Å². The van der Waals surface area contributed by atoms with Crippen molar-refractivity contribution in [2.75, 3.05) is 13.1 Å². The molecular formula is C13H19N3O4S. The molecule has 1 saturated heterocycles. The number of rotatable bonds is 4. The lowest BCUT2D eigenvalue weighted by Crippen LogP contribution is -2.48. The molecule has 1 heterocycles. The second kappa shape index (κ2) is 6.08. The average Bonchev–Trinajstić information content (AvgIpc) is 2.47. The van der Waals surface area contributed by atoms with Crippen LogP contribution in [-0.2, 0) is 10.0 Å². The van der Waals surface area contributed by atoms with E-state index < -0.39 is 14.9 Å². The topological polar surface area (TPSA) is 107 Å². The van der Waals surface area contributed by atoms with Gasteiger partial charge in [-0.05, 0) is 24.5 Å². The second-order valence-electron chi connectivity index (χ2n) is 5.23. The van der Waals surface area contributed by atoms with Crippen LogP contribution in [-0.4, -0.2) is 36.8 Å². The van der Waals surface area contributed by atoms with E-state index in [4.69, 9.17) is 5.73 Å². The first-order chi connectivity index (χ1) is 9.86. The van der Waals surface area contributed by atoms with Gasteiger partial charge >= 0.3 is 0 Å². The van der Waals surface area contributed by atoms with Gasteiger partial charge in [0.1, 0.15) is 0 Å². The Morgan fingerprint density at radius 2 is 2.00 bits per heavy atom. The van der Waals surface area contributed by atoms with Crippen LogP contribution in [0.5, 0.6) is 0 Å². The van der Waals surface area contributed by atoms with Crippen molar-refractivity contribution in [1.29, 1.82) is 0 Å². The molecule has 7 nitrogen and oxygen atoms in total. The van der Waals surface area contributed by atoms with E-state index in [9.17, 15) is 18.5 Å². The molecule has 0 unspecified atom stereocenters. The number of benzene rings is 1. The summed E-state index contributed by atoms with van der Waals surface area (Å²) in [6, 6.07) is 5.00. The number of hydrogen-bond donors (Lipinski definition) is 1. The van der Waals surface area contributed by atoms with Crippen LogP contribution >= 0.6 is 0 Å². The number of sulfonamides is 1. The molecule has 1 aromatic rings. The highest BCUT2D eigenvalue weighted by Gasteiger charge is 2.33. The molecule has 1 aliphatic heterocycles. The van der Waals surface area contributed by atoms with Gasteiger partial charge in [-0.15, -0.1) is 0 Å². The molecule has 2 atom stereocenters. The third-order valence-corrected chi connectivity index (χ3v) is 5.84. The Balaban J connectivity index is 2.23. The zero-order chi connectivity index (χ0) is 15.6. The molecule has 0 aliphatic carbocycles. The SMILES string of the molecule is CC[C@H]1CN(S(=O)(=O)c2ccc([N+](=O)[O-])cc2)CC[C@@H]1N. The van der Waals surface area contributed by atoms with Gasteiger partial charge in [0, 0.05) is 31.3 Å². The van der Waals surface area contributed by atoms with E-state index in [-0.39, 0.29) is 22.5 Å². The van der Waals surface area contributed by atoms with Crippen LogP contribution in [0.3, 0.4) is 0 Å². The van der Waals surface area contributed by atoms with E-state index in [0.29, 0.717) is 19.5 Å². The first kappa shape index (κ1) is 15.9. The lowest BCUT2D eigenvalue weighted by atomic mass is 9.92. The summed E-state index contributed by atoms with van der Waals surface area (Å²) in [4.78, 5) is 10.1. The summed E-state index contributed by atoms with van der Waals surface area (Å²) in [6.45, 7) is 2.78. The molecule has 0 amide bonds. The summed E-state index contributed by atoms with van der Waals surface area (Å²) in [6.07, 6.45) is 1.46. The van der Waals surface area contributed by atoms with E-state index in [1.54, 1.807) is 0 Å². The van der Waals surface area contributed by atoms with E-state index >= 15 is 0 Å². The van der Waals surface area contributed by atoms with Crippen molar-refractivity contribution >= 4 is 15.7 Å². The summed E-state index contributed by atoms with van der Waals surface area (Å²) in [5, 5.41) is 10.6. The quantitative estimate of drug-likeness (QED) is 0.667. The van der Waals surface area contributed by atoms with Gasteiger partial charge < -0.3 is 5.73 Å². The number of hydrogen-bond acceptors (Lipinski definition) is 5. The van der Waals surface area contributed by atoms with Crippen molar-refractivity contribution in [3.05, 3.63) is 34.4 Å². The van der Waals surface area contributed by atoms with Crippen molar-refractivity contribution in [3.63, 3.8) is 0 Å². The number of nitrogens with two attached hydrogens (primary N) is 1. The normalized spacial score (nSPS) is 23.9. The molecule has 8 heteroatoms. The summed E-state index contributed by atoms with van der Waals surface area (Å²) in [7, 11) is -3.62. The Morgan fingerprint density at radius 1 is 1.38 bits per heavy atom. The van der Waals surface area contributed by atoms with Crippen LogP contribution in [0, 0.1) is 16.0 Å². The van der Waals surface area contributed by atoms with Gasteiger partial charge in [-0.25, -0.2) is 8.42 Å². The smallest absolute Gasteiger partial charge is 0.269 e. The van der Waals surface area contributed by atoms with Crippen LogP contribution in [0.1, 0.15) is 19.8 Å². The highest BCUT2D eigenvalue weighted by Crippen LogP contribution is 2.25. The largest absolute Gasteiger partial charge is 0.327 e. The number of piperidine rings is 1. The summed E-state index contributed by atoms with van der Waals surface area (Å²) in [5.74, 6) is 0.145. The lowest BCUT2D eigenvalue weighted by molar-refractivity contribution is -0.384. The van der Waals surface area contributed by atoms with Crippen molar-refractivity contribution in [2.45, 2.75) is 30.7 Å². The number of nitro groups is 1. The van der Waals surface area contributed by atoms with Crippen molar-refractivity contribution in [1.82, 2.24) is 4.31 Å². The molecule has 0 aromatic heterocycles. The maximum atomic E-state index is 12.6. The lowest BCUT2D eigenvalue weighted by Gasteiger charge is -2.35. The fourth-order valence-electron chi connectivity index (χ4n) is 2.56. The Morgan fingerprint density at radius 3 is 2.52 bits per heavy atom. The molecule has 0 saturated carbocycles. The monoisotopic (exact) mass is 313 g/mol. The Labute approximate surface area is 123 Å². The zero-order valence-electron chi connectivity index (χ0n) is 11.8. The molecule has 1 fully saturated rings. The highest BCUT2D eigenvalue weighted by molar-refractivity contribution is 7.89. The molecule has 2 N–H and O–H groups in total. The number of non-ortho nitro benzene ring substituents is 1. The molecule has 0 radical (unpaired) electrons. The van der Waals surface area contributed by atoms with E-state index in [1.807, 2.05) is 6.92 Å². The predicted molar refractivity (Wildman–Crippen MR) is 78.2 cm³/mol. The van der Waals surface area contributed by atoms with Crippen LogP contribution in [0.25, 0.3) is 0 Å². The summed E-state index contributed by atoms with van der Waals surface area (Å²) in [5.41, 5.74) is 5.87. The van der Waals surface area contributed by atoms with Gasteiger partial charge in [0.15, 0.2) is 0 Å². The molecule has 1 aliphatic rings. The Bertz CT molecular complexity index is 615. The van der Waals surface area contributed by atoms with Gasteiger partial charge in [-0.1, -0.05) is 13.3 Å². The molecule has 21 heavy (non-hydrogen) atoms. The Hall–Kier alpha value is -1.51. The van der Waals surface area contributed by atoms with Crippen molar-refractivity contribution in [2.24, 2.45) is 11.7 Å².